The summed E-state index contributed by atoms with van der Waals surface area (Å²) in [7, 11) is 1.50. The molecule has 13 heteroatoms. The fourth-order valence-electron chi connectivity index (χ4n) is 6.19. The molecule has 0 saturated heterocycles. The van der Waals surface area contributed by atoms with Crippen LogP contribution in [0.5, 0.6) is 11.5 Å². The third-order valence-corrected chi connectivity index (χ3v) is 9.31. The molecule has 46 heavy (non-hydrogen) atoms. The van der Waals surface area contributed by atoms with Crippen LogP contribution in [0, 0.1) is 5.92 Å². The molecule has 4 aromatic rings. The first-order valence-electron chi connectivity index (χ1n) is 15.1. The van der Waals surface area contributed by atoms with Gasteiger partial charge in [0.25, 0.3) is 5.91 Å². The van der Waals surface area contributed by atoms with E-state index in [1.807, 2.05) is 10.9 Å². The van der Waals surface area contributed by atoms with Crippen molar-refractivity contribution in [1.29, 1.82) is 0 Å². The van der Waals surface area contributed by atoms with Gasteiger partial charge in [0, 0.05) is 28.3 Å². The number of alkyl halides is 3. The number of hydrogen-bond acceptors (Lipinski definition) is 7. The van der Waals surface area contributed by atoms with E-state index in [2.05, 4.69) is 15.4 Å². The van der Waals surface area contributed by atoms with Gasteiger partial charge in [-0.1, -0.05) is 18.2 Å². The van der Waals surface area contributed by atoms with Gasteiger partial charge in [-0.25, -0.2) is 4.98 Å². The number of nitrogens with zero attached hydrogens (tertiary/aromatic N) is 3. The van der Waals surface area contributed by atoms with E-state index in [0.717, 1.165) is 24.3 Å². The average Bonchev–Trinajstić information content (AvgIpc) is 3.98. The number of halogens is 3. The van der Waals surface area contributed by atoms with E-state index < -0.39 is 34.6 Å². The Morgan fingerprint density at radius 1 is 1.17 bits per heavy atom. The molecule has 0 bridgehead atoms. The number of fused-ring (bicyclic) bond motifs is 2. The number of aliphatic hydroxyl groups is 1. The lowest BCUT2D eigenvalue weighted by Crippen LogP contribution is -2.44. The zero-order valence-electron chi connectivity index (χ0n) is 25.1. The Balaban J connectivity index is 1.28. The third kappa shape index (κ3) is 4.93. The van der Waals surface area contributed by atoms with E-state index in [9.17, 15) is 27.9 Å². The van der Waals surface area contributed by atoms with Gasteiger partial charge >= 0.3 is 6.18 Å². The molecule has 2 fully saturated rings. The highest BCUT2D eigenvalue weighted by atomic mass is 19.4. The maximum absolute atomic E-state index is 14.2. The Bertz CT molecular complexity index is 1900. The van der Waals surface area contributed by atoms with Crippen molar-refractivity contribution < 1.29 is 37.3 Å². The van der Waals surface area contributed by atoms with Crippen LogP contribution in [-0.2, 0) is 22.0 Å². The first kappa shape index (κ1) is 30.0. The number of methoxy groups -OCH3 is 1. The number of ether oxygens (including phenoxy) is 2. The lowest BCUT2D eigenvalue weighted by molar-refractivity contribution is -0.137. The van der Waals surface area contributed by atoms with Gasteiger partial charge < -0.3 is 25.6 Å². The molecule has 2 saturated carbocycles. The monoisotopic (exact) mass is 635 g/mol. The number of nitrogens with one attached hydrogen (secondary N) is 1. The van der Waals surface area contributed by atoms with Crippen molar-refractivity contribution in [1.82, 2.24) is 20.1 Å². The molecule has 3 aliphatic rings. The topological polar surface area (TPSA) is 142 Å². The molecule has 0 spiro atoms. The van der Waals surface area contributed by atoms with E-state index in [-0.39, 0.29) is 52.9 Å². The molecule has 2 atom stereocenters. The SMILES string of the molecule is COc1cc(C(=O)NCC(O)(c2cc3c(c(-c4ccccc4C(F)(F)F)n2)OC[C@]3(C)C(N)=O)C2CC2)cc2cn(C3CC3)nc12. The Labute approximate surface area is 261 Å². The second-order valence-electron chi connectivity index (χ2n) is 12.6. The zero-order valence-corrected chi connectivity index (χ0v) is 25.1. The lowest BCUT2D eigenvalue weighted by atomic mass is 9.81. The summed E-state index contributed by atoms with van der Waals surface area (Å²) in [5, 5.41) is 20.4. The predicted molar refractivity (Wildman–Crippen MR) is 160 cm³/mol. The molecule has 2 amide bonds. The summed E-state index contributed by atoms with van der Waals surface area (Å²) < 4.78 is 55.7. The molecule has 0 radical (unpaired) electrons. The maximum Gasteiger partial charge on any atom is 0.417 e. The Morgan fingerprint density at radius 3 is 2.57 bits per heavy atom. The molecule has 7 rings (SSSR count). The second kappa shape index (κ2) is 10.4. The minimum atomic E-state index is -4.72. The second-order valence-corrected chi connectivity index (χ2v) is 12.6. The van der Waals surface area contributed by atoms with Crippen molar-refractivity contribution in [2.24, 2.45) is 11.7 Å². The van der Waals surface area contributed by atoms with Crippen LogP contribution in [0.1, 0.15) is 65.8 Å². The number of carbonyl (C=O) groups excluding carboxylic acids is 2. The van der Waals surface area contributed by atoms with Crippen LogP contribution in [0.2, 0.25) is 0 Å². The highest BCUT2D eigenvalue weighted by Crippen LogP contribution is 2.51. The minimum absolute atomic E-state index is 0.00364. The summed E-state index contributed by atoms with van der Waals surface area (Å²) in [4.78, 5) is 30.7. The van der Waals surface area contributed by atoms with Crippen LogP contribution in [0.15, 0.2) is 48.7 Å². The molecular formula is C33H32F3N5O5. The van der Waals surface area contributed by atoms with Gasteiger partial charge in [-0.15, -0.1) is 0 Å². The van der Waals surface area contributed by atoms with Crippen LogP contribution < -0.4 is 20.5 Å². The van der Waals surface area contributed by atoms with Crippen molar-refractivity contribution in [2.75, 3.05) is 20.3 Å². The van der Waals surface area contributed by atoms with Gasteiger partial charge in [0.15, 0.2) is 0 Å². The summed E-state index contributed by atoms with van der Waals surface area (Å²) in [6, 6.07) is 10.00. The minimum Gasteiger partial charge on any atom is -0.494 e. The number of pyridine rings is 1. The first-order chi connectivity index (χ1) is 21.8. The number of carbonyl (C=O) groups is 2. The van der Waals surface area contributed by atoms with Crippen molar-refractivity contribution in [3.05, 3.63) is 71.0 Å². The number of primary amides is 1. The van der Waals surface area contributed by atoms with Crippen LogP contribution >= 0.6 is 0 Å². The number of nitrogens with two attached hydrogens (primary N) is 1. The first-order valence-corrected chi connectivity index (χ1v) is 15.1. The molecule has 1 unspecified atom stereocenters. The average molecular weight is 636 g/mol. The molecule has 1 aliphatic heterocycles. The number of aromatic nitrogens is 3. The number of rotatable bonds is 9. The van der Waals surface area contributed by atoms with Gasteiger partial charge in [-0.05, 0) is 62.8 Å². The van der Waals surface area contributed by atoms with Crippen molar-refractivity contribution >= 4 is 22.7 Å². The summed E-state index contributed by atoms with van der Waals surface area (Å²) in [5.74, 6) is -1.15. The quantitative estimate of drug-likeness (QED) is 0.244. The molecule has 2 aliphatic carbocycles. The molecule has 2 aromatic carbocycles. The van der Waals surface area contributed by atoms with E-state index in [0.29, 0.717) is 30.1 Å². The van der Waals surface area contributed by atoms with Crippen molar-refractivity contribution in [3.8, 4) is 22.8 Å². The summed E-state index contributed by atoms with van der Waals surface area (Å²) >= 11 is 0. The summed E-state index contributed by atoms with van der Waals surface area (Å²) in [5.41, 5.74) is 2.36. The standard InChI is InChI=1S/C33H32F3N5O5/c1-31(30(37)43)16-46-28-23(31)13-25(39-27(28)21-5-3-4-6-22(21)33(34,35)36)32(44,19-7-8-19)15-38-29(42)17-11-18-14-41(20-9-10-20)40-26(18)24(12-17)45-2/h3-6,11-14,19-20,44H,7-10,15-16H2,1-2H3,(H2,37,43)(H,38,42)/t31-,32?/m0/s1. The highest BCUT2D eigenvalue weighted by Gasteiger charge is 2.50. The van der Waals surface area contributed by atoms with Crippen LogP contribution in [0.4, 0.5) is 13.2 Å². The van der Waals surface area contributed by atoms with Gasteiger partial charge in [0.1, 0.15) is 40.3 Å². The van der Waals surface area contributed by atoms with E-state index in [1.165, 1.54) is 38.3 Å². The van der Waals surface area contributed by atoms with Crippen LogP contribution in [0.25, 0.3) is 22.2 Å². The Morgan fingerprint density at radius 2 is 1.91 bits per heavy atom. The molecule has 240 valence electrons. The van der Waals surface area contributed by atoms with Gasteiger partial charge in [-0.3, -0.25) is 14.3 Å². The molecule has 2 aromatic heterocycles. The third-order valence-electron chi connectivity index (χ3n) is 9.31. The largest absolute Gasteiger partial charge is 0.494 e. The molecule has 10 nitrogen and oxygen atoms in total. The van der Waals surface area contributed by atoms with Gasteiger partial charge in [-0.2, -0.15) is 18.3 Å². The van der Waals surface area contributed by atoms with Gasteiger partial charge in [0.05, 0.1) is 31.0 Å². The van der Waals surface area contributed by atoms with Crippen molar-refractivity contribution in [3.63, 3.8) is 0 Å². The van der Waals surface area contributed by atoms with Gasteiger partial charge in [0.2, 0.25) is 5.91 Å². The molecular weight excluding hydrogens is 603 g/mol. The smallest absolute Gasteiger partial charge is 0.417 e. The molecule has 4 N–H and O–H groups in total. The number of benzene rings is 2. The maximum atomic E-state index is 14.2. The number of hydrogen-bond donors (Lipinski definition) is 3. The fourth-order valence-corrected chi connectivity index (χ4v) is 6.19. The Kier molecular flexibility index (Phi) is 6.82. The van der Waals surface area contributed by atoms with E-state index in [1.54, 1.807) is 12.1 Å². The van der Waals surface area contributed by atoms with E-state index in [4.69, 9.17) is 15.2 Å². The number of amides is 2. The summed E-state index contributed by atoms with van der Waals surface area (Å²) in [6.07, 6.45) is 0.430. The van der Waals surface area contributed by atoms with Crippen molar-refractivity contribution in [2.45, 2.75) is 55.8 Å². The lowest BCUT2D eigenvalue weighted by Gasteiger charge is -2.30. The Hall–Kier alpha value is -4.65. The summed E-state index contributed by atoms with van der Waals surface area (Å²) in [6.45, 7) is 1.04. The van der Waals surface area contributed by atoms with E-state index >= 15 is 0 Å². The zero-order chi connectivity index (χ0) is 32.6. The normalized spacial score (nSPS) is 20.6. The van der Waals surface area contributed by atoms with Crippen LogP contribution in [-0.4, -0.2) is 51.9 Å². The van der Waals surface area contributed by atoms with Crippen LogP contribution in [0.3, 0.4) is 0 Å². The highest BCUT2D eigenvalue weighted by molar-refractivity contribution is 6.00. The predicted octanol–water partition coefficient (Wildman–Crippen LogP) is 4.62. The molecule has 3 heterocycles. The fraction of sp³-hybridized carbons (Fsp3) is 0.394.